The van der Waals surface area contributed by atoms with Gasteiger partial charge in [-0.2, -0.15) is 0 Å². The molecule has 0 aromatic heterocycles. The van der Waals surface area contributed by atoms with Gasteiger partial charge in [-0.1, -0.05) is 28.6 Å². The minimum absolute atomic E-state index is 0.0655. The molecule has 0 unspecified atom stereocenters. The Bertz CT molecular complexity index is 221. The lowest BCUT2D eigenvalue weighted by Gasteiger charge is -2.05. The van der Waals surface area contributed by atoms with Gasteiger partial charge in [-0.25, -0.2) is 4.79 Å². The zero-order chi connectivity index (χ0) is 11.5. The van der Waals surface area contributed by atoms with Gasteiger partial charge in [0.05, 0.1) is 5.33 Å². The van der Waals surface area contributed by atoms with E-state index in [0.717, 1.165) is 0 Å². The number of hydrogen-bond acceptors (Lipinski definition) is 3. The molecule has 0 aromatic carbocycles. The second-order valence-corrected chi connectivity index (χ2v) is 3.21. The molecular formula is C9H15BrN2O3. The number of carbonyl (C=O) groups excluding carboxylic acids is 2. The first-order valence-electron chi connectivity index (χ1n) is 4.55. The van der Waals surface area contributed by atoms with Gasteiger partial charge in [0.2, 0.25) is 5.91 Å². The van der Waals surface area contributed by atoms with Crippen molar-refractivity contribution in [2.45, 2.75) is 6.42 Å². The fourth-order valence-corrected chi connectivity index (χ4v) is 0.938. The Balaban J connectivity index is 3.26. The van der Waals surface area contributed by atoms with E-state index in [1.807, 2.05) is 0 Å². The van der Waals surface area contributed by atoms with Crippen molar-refractivity contribution in [3.63, 3.8) is 0 Å². The van der Waals surface area contributed by atoms with Crippen molar-refractivity contribution in [1.29, 1.82) is 0 Å². The lowest BCUT2D eigenvalue weighted by molar-refractivity contribution is -0.118. The summed E-state index contributed by atoms with van der Waals surface area (Å²) >= 11 is 3.02. The van der Waals surface area contributed by atoms with E-state index in [2.05, 4.69) is 37.9 Å². The summed E-state index contributed by atoms with van der Waals surface area (Å²) in [4.78, 5) is 21.6. The monoisotopic (exact) mass is 278 g/mol. The highest BCUT2D eigenvalue weighted by molar-refractivity contribution is 9.09. The molecule has 2 N–H and O–H groups in total. The third-order valence-corrected chi connectivity index (χ3v) is 1.91. The molecule has 2 amide bonds. The van der Waals surface area contributed by atoms with Crippen molar-refractivity contribution in [1.82, 2.24) is 10.6 Å². The molecule has 0 radical (unpaired) electrons. The van der Waals surface area contributed by atoms with Crippen LogP contribution in [0, 0.1) is 0 Å². The molecule has 5 nitrogen and oxygen atoms in total. The molecule has 0 saturated carbocycles. The van der Waals surface area contributed by atoms with Crippen LogP contribution in [0.3, 0.4) is 0 Å². The number of alkyl halides is 1. The van der Waals surface area contributed by atoms with E-state index in [9.17, 15) is 9.59 Å². The summed E-state index contributed by atoms with van der Waals surface area (Å²) < 4.78 is 4.68. The van der Waals surface area contributed by atoms with E-state index >= 15 is 0 Å². The molecule has 0 spiro atoms. The lowest BCUT2D eigenvalue weighted by atomic mass is 10.4. The predicted molar refractivity (Wildman–Crippen MR) is 61.0 cm³/mol. The number of hydrogen-bond donors (Lipinski definition) is 2. The second kappa shape index (κ2) is 9.51. The quantitative estimate of drug-likeness (QED) is 0.411. The van der Waals surface area contributed by atoms with Crippen molar-refractivity contribution in [2.24, 2.45) is 0 Å². The van der Waals surface area contributed by atoms with Crippen molar-refractivity contribution < 1.29 is 14.3 Å². The van der Waals surface area contributed by atoms with Gasteiger partial charge in [-0.05, 0) is 6.42 Å². The summed E-state index contributed by atoms with van der Waals surface area (Å²) in [5.41, 5.74) is 0. The van der Waals surface area contributed by atoms with E-state index in [0.29, 0.717) is 24.8 Å². The van der Waals surface area contributed by atoms with Crippen LogP contribution < -0.4 is 10.6 Å². The molecule has 0 aliphatic heterocycles. The second-order valence-electron chi connectivity index (χ2n) is 2.65. The predicted octanol–water partition coefficient (Wildman–Crippen LogP) is 0.800. The van der Waals surface area contributed by atoms with E-state index < -0.39 is 6.09 Å². The smallest absolute Gasteiger partial charge is 0.407 e. The van der Waals surface area contributed by atoms with Gasteiger partial charge in [-0.3, -0.25) is 4.79 Å². The zero-order valence-corrected chi connectivity index (χ0v) is 10.0. The molecule has 0 bridgehead atoms. The van der Waals surface area contributed by atoms with Crippen LogP contribution in [0.4, 0.5) is 4.79 Å². The molecule has 0 saturated heterocycles. The van der Waals surface area contributed by atoms with Gasteiger partial charge in [0.25, 0.3) is 0 Å². The standard InChI is InChI=1S/C9H15BrN2O3/c1-2-6-15-9(14)12-5-3-4-11-8(13)7-10/h2H,1,3-7H2,(H,11,13)(H,12,14). The Kier molecular flexibility index (Phi) is 8.85. The first kappa shape index (κ1) is 14.0. The van der Waals surface area contributed by atoms with Gasteiger partial charge in [0.1, 0.15) is 6.61 Å². The molecule has 6 heteroatoms. The summed E-state index contributed by atoms with van der Waals surface area (Å²) in [5, 5.41) is 5.49. The Labute approximate surface area is 97.4 Å². The molecule has 86 valence electrons. The molecule has 0 aliphatic carbocycles. The average Bonchev–Trinajstić information content (AvgIpc) is 2.25. The van der Waals surface area contributed by atoms with Gasteiger partial charge in [0.15, 0.2) is 0 Å². The van der Waals surface area contributed by atoms with Crippen molar-refractivity contribution in [3.05, 3.63) is 12.7 Å². The molecular weight excluding hydrogens is 264 g/mol. The van der Waals surface area contributed by atoms with Gasteiger partial charge < -0.3 is 15.4 Å². The highest BCUT2D eigenvalue weighted by Gasteiger charge is 1.99. The number of rotatable bonds is 7. The maximum atomic E-state index is 10.9. The fraction of sp³-hybridized carbons (Fsp3) is 0.556. The van der Waals surface area contributed by atoms with Crippen molar-refractivity contribution >= 4 is 27.9 Å². The maximum Gasteiger partial charge on any atom is 0.407 e. The van der Waals surface area contributed by atoms with Crippen LogP contribution in [-0.2, 0) is 9.53 Å². The third kappa shape index (κ3) is 9.27. The van der Waals surface area contributed by atoms with E-state index in [1.54, 1.807) is 0 Å². The molecule has 0 fully saturated rings. The van der Waals surface area contributed by atoms with Crippen molar-refractivity contribution in [2.75, 3.05) is 25.0 Å². The lowest BCUT2D eigenvalue weighted by Crippen LogP contribution is -2.30. The van der Waals surface area contributed by atoms with Crippen LogP contribution in [0.1, 0.15) is 6.42 Å². The largest absolute Gasteiger partial charge is 0.445 e. The van der Waals surface area contributed by atoms with Crippen molar-refractivity contribution in [3.8, 4) is 0 Å². The van der Waals surface area contributed by atoms with Crippen LogP contribution in [0.25, 0.3) is 0 Å². The first-order chi connectivity index (χ1) is 7.20. The van der Waals surface area contributed by atoms with E-state index in [1.165, 1.54) is 6.08 Å². The number of alkyl carbamates (subject to hydrolysis) is 1. The summed E-state index contributed by atoms with van der Waals surface area (Å²) in [6.07, 6.45) is 1.69. The minimum Gasteiger partial charge on any atom is -0.445 e. The van der Waals surface area contributed by atoms with E-state index in [4.69, 9.17) is 0 Å². The number of nitrogens with one attached hydrogen (secondary N) is 2. The highest BCUT2D eigenvalue weighted by Crippen LogP contribution is 1.82. The molecule has 0 aliphatic rings. The third-order valence-electron chi connectivity index (χ3n) is 1.40. The molecule has 0 aromatic rings. The number of amides is 2. The zero-order valence-electron chi connectivity index (χ0n) is 8.42. The van der Waals surface area contributed by atoms with Crippen LogP contribution in [0.15, 0.2) is 12.7 Å². The topological polar surface area (TPSA) is 67.4 Å². The normalized spacial score (nSPS) is 9.13. The minimum atomic E-state index is -0.471. The highest BCUT2D eigenvalue weighted by atomic mass is 79.9. The van der Waals surface area contributed by atoms with Crippen LogP contribution in [0.2, 0.25) is 0 Å². The van der Waals surface area contributed by atoms with Gasteiger partial charge in [-0.15, -0.1) is 0 Å². The molecule has 0 heterocycles. The first-order valence-corrected chi connectivity index (χ1v) is 5.67. The molecule has 15 heavy (non-hydrogen) atoms. The Morgan fingerprint density at radius 3 is 2.60 bits per heavy atom. The fourth-order valence-electron chi connectivity index (χ4n) is 0.740. The van der Waals surface area contributed by atoms with Gasteiger partial charge in [0, 0.05) is 13.1 Å². The summed E-state index contributed by atoms with van der Waals surface area (Å²) in [6.45, 7) is 4.62. The molecule has 0 rings (SSSR count). The van der Waals surface area contributed by atoms with Crippen LogP contribution in [-0.4, -0.2) is 37.0 Å². The number of carbonyl (C=O) groups is 2. The maximum absolute atomic E-state index is 10.9. The number of ether oxygens (including phenoxy) is 1. The average molecular weight is 279 g/mol. The summed E-state index contributed by atoms with van der Waals surface area (Å²) in [5.74, 6) is -0.0655. The number of halogens is 1. The van der Waals surface area contributed by atoms with E-state index in [-0.39, 0.29) is 12.5 Å². The Morgan fingerprint density at radius 2 is 2.00 bits per heavy atom. The van der Waals surface area contributed by atoms with Crippen LogP contribution in [0.5, 0.6) is 0 Å². The summed E-state index contributed by atoms with van der Waals surface area (Å²) in [7, 11) is 0. The van der Waals surface area contributed by atoms with Gasteiger partial charge >= 0.3 is 6.09 Å². The van der Waals surface area contributed by atoms with Crippen LogP contribution >= 0.6 is 15.9 Å². The summed E-state index contributed by atoms with van der Waals surface area (Å²) in [6, 6.07) is 0. The Hall–Kier alpha value is -1.04. The SMILES string of the molecule is C=CCOC(=O)NCCCNC(=O)CBr. The molecule has 0 atom stereocenters. The Morgan fingerprint density at radius 1 is 1.33 bits per heavy atom.